The first kappa shape index (κ1) is 16.4. The van der Waals surface area contributed by atoms with E-state index >= 15 is 0 Å². The molecule has 6 nitrogen and oxygen atoms in total. The first-order chi connectivity index (χ1) is 10.3. The summed E-state index contributed by atoms with van der Waals surface area (Å²) in [7, 11) is 0. The second kappa shape index (κ2) is 6.85. The van der Waals surface area contributed by atoms with E-state index in [2.05, 4.69) is 15.3 Å². The third-order valence-corrected chi connectivity index (χ3v) is 4.05. The van der Waals surface area contributed by atoms with Gasteiger partial charge in [0.25, 0.3) is 0 Å². The maximum Gasteiger partial charge on any atom is 0.237 e. The van der Waals surface area contributed by atoms with Crippen molar-refractivity contribution in [3.63, 3.8) is 0 Å². The van der Waals surface area contributed by atoms with E-state index in [-0.39, 0.29) is 17.5 Å². The lowest BCUT2D eigenvalue weighted by atomic mass is 10.2. The predicted octanol–water partition coefficient (Wildman–Crippen LogP) is 2.72. The summed E-state index contributed by atoms with van der Waals surface area (Å²) in [6, 6.07) is 6.79. The van der Waals surface area contributed by atoms with Crippen molar-refractivity contribution in [2.75, 3.05) is 16.8 Å². The highest BCUT2D eigenvalue weighted by atomic mass is 35.5. The molecule has 0 saturated heterocycles. The Bertz CT molecular complexity index is 689. The highest BCUT2D eigenvalue weighted by molar-refractivity contribution is 8.00. The molecule has 0 bridgehead atoms. The first-order valence-electron chi connectivity index (χ1n) is 6.49. The van der Waals surface area contributed by atoms with Crippen molar-refractivity contribution in [2.45, 2.75) is 24.3 Å². The average molecular weight is 338 g/mol. The molecule has 116 valence electrons. The number of carbonyl (C=O) groups is 1. The van der Waals surface area contributed by atoms with Crippen LogP contribution in [-0.2, 0) is 4.79 Å². The lowest BCUT2D eigenvalue weighted by Gasteiger charge is -2.13. The van der Waals surface area contributed by atoms with Crippen LogP contribution in [0.5, 0.6) is 0 Å². The van der Waals surface area contributed by atoms with Crippen LogP contribution >= 0.6 is 23.4 Å². The zero-order valence-electron chi connectivity index (χ0n) is 12.1. The van der Waals surface area contributed by atoms with E-state index in [1.165, 1.54) is 17.8 Å². The Labute approximate surface area is 137 Å². The number of benzene rings is 1. The maximum absolute atomic E-state index is 12.3. The molecule has 2 aromatic rings. The number of thioether (sulfide) groups is 1. The van der Waals surface area contributed by atoms with Crippen LogP contribution in [0, 0.1) is 6.92 Å². The fraction of sp³-hybridized carbons (Fsp3) is 0.214. The molecule has 2 rings (SSSR count). The number of aryl methyl sites for hydroxylation is 1. The molecule has 22 heavy (non-hydrogen) atoms. The van der Waals surface area contributed by atoms with Gasteiger partial charge < -0.3 is 16.8 Å². The fourth-order valence-corrected chi connectivity index (χ4v) is 2.66. The average Bonchev–Trinajstić information content (AvgIpc) is 2.41. The molecule has 1 heterocycles. The number of nitrogens with two attached hydrogens (primary N) is 2. The summed E-state index contributed by atoms with van der Waals surface area (Å²) in [6.07, 6.45) is 0. The van der Waals surface area contributed by atoms with Crippen LogP contribution in [0.4, 0.5) is 17.3 Å². The number of nitrogens with one attached hydrogen (secondary N) is 1. The number of nitrogens with zero attached hydrogens (tertiary/aromatic N) is 2. The van der Waals surface area contributed by atoms with E-state index in [0.717, 1.165) is 5.56 Å². The van der Waals surface area contributed by atoms with Crippen LogP contribution in [0.25, 0.3) is 0 Å². The van der Waals surface area contributed by atoms with Crippen molar-refractivity contribution >= 4 is 46.6 Å². The van der Waals surface area contributed by atoms with E-state index in [1.54, 1.807) is 19.1 Å². The number of amides is 1. The summed E-state index contributed by atoms with van der Waals surface area (Å²) >= 11 is 7.12. The molecular weight excluding hydrogens is 322 g/mol. The zero-order chi connectivity index (χ0) is 16.3. The number of aromatic nitrogens is 2. The van der Waals surface area contributed by atoms with Crippen molar-refractivity contribution in [1.29, 1.82) is 0 Å². The molecule has 0 aliphatic heterocycles. The van der Waals surface area contributed by atoms with Crippen LogP contribution < -0.4 is 16.8 Å². The van der Waals surface area contributed by atoms with Crippen molar-refractivity contribution in [1.82, 2.24) is 9.97 Å². The highest BCUT2D eigenvalue weighted by Gasteiger charge is 2.17. The summed E-state index contributed by atoms with van der Waals surface area (Å²) in [6.45, 7) is 3.65. The number of carbonyl (C=O) groups excluding carboxylic acids is 1. The van der Waals surface area contributed by atoms with Gasteiger partial charge in [0.2, 0.25) is 5.91 Å². The molecule has 5 N–H and O–H groups in total. The number of hydrogen-bond acceptors (Lipinski definition) is 6. The van der Waals surface area contributed by atoms with Crippen molar-refractivity contribution in [3.8, 4) is 0 Å². The van der Waals surface area contributed by atoms with Gasteiger partial charge in [-0.25, -0.2) is 9.97 Å². The normalized spacial score (nSPS) is 12.0. The molecule has 0 saturated carbocycles. The van der Waals surface area contributed by atoms with Crippen LogP contribution in [-0.4, -0.2) is 21.1 Å². The smallest absolute Gasteiger partial charge is 0.237 e. The van der Waals surface area contributed by atoms with Crippen molar-refractivity contribution in [3.05, 3.63) is 34.9 Å². The van der Waals surface area contributed by atoms with E-state index < -0.39 is 5.25 Å². The van der Waals surface area contributed by atoms with Crippen molar-refractivity contribution in [2.24, 2.45) is 0 Å². The third-order valence-electron chi connectivity index (χ3n) is 2.85. The third kappa shape index (κ3) is 4.25. The number of halogens is 1. The van der Waals surface area contributed by atoms with Gasteiger partial charge in [0, 0.05) is 16.8 Å². The van der Waals surface area contributed by atoms with Gasteiger partial charge in [-0.15, -0.1) is 0 Å². The summed E-state index contributed by atoms with van der Waals surface area (Å²) in [5.41, 5.74) is 12.8. The van der Waals surface area contributed by atoms with Crippen LogP contribution in [0.2, 0.25) is 5.02 Å². The minimum atomic E-state index is -0.417. The minimum absolute atomic E-state index is 0.181. The van der Waals surface area contributed by atoms with Crippen LogP contribution in [0.15, 0.2) is 29.4 Å². The Balaban J connectivity index is 2.07. The molecule has 0 aliphatic rings. The number of hydrogen-bond donors (Lipinski definition) is 3. The Hall–Kier alpha value is -1.99. The zero-order valence-corrected chi connectivity index (χ0v) is 13.7. The van der Waals surface area contributed by atoms with Gasteiger partial charge in [0.05, 0.1) is 5.25 Å². The molecule has 1 amide bonds. The van der Waals surface area contributed by atoms with Gasteiger partial charge in [-0.1, -0.05) is 29.4 Å². The standard InChI is InChI=1S/C14H16ClN5OS/c1-7-3-4-9(15)5-10(7)18-13(21)8(2)22-14-19-11(16)6-12(17)20-14/h3-6,8H,1-2H3,(H,18,21)(H4,16,17,19,20). The van der Waals surface area contributed by atoms with Crippen molar-refractivity contribution < 1.29 is 4.79 Å². The Morgan fingerprint density at radius 3 is 2.55 bits per heavy atom. The molecule has 1 atom stereocenters. The van der Waals surface area contributed by atoms with Gasteiger partial charge in [-0.05, 0) is 31.5 Å². The molecule has 1 unspecified atom stereocenters. The molecule has 1 aromatic carbocycles. The summed E-state index contributed by atoms with van der Waals surface area (Å²) < 4.78 is 0. The molecule has 0 fully saturated rings. The SMILES string of the molecule is Cc1ccc(Cl)cc1NC(=O)C(C)Sc1nc(N)cc(N)n1. The topological polar surface area (TPSA) is 107 Å². The largest absolute Gasteiger partial charge is 0.383 e. The molecule has 0 spiro atoms. The lowest BCUT2D eigenvalue weighted by Crippen LogP contribution is -2.23. The van der Waals surface area contributed by atoms with Gasteiger partial charge in [-0.2, -0.15) is 0 Å². The predicted molar refractivity (Wildman–Crippen MR) is 91.0 cm³/mol. The lowest BCUT2D eigenvalue weighted by molar-refractivity contribution is -0.115. The Morgan fingerprint density at radius 1 is 1.27 bits per heavy atom. The molecule has 0 aliphatic carbocycles. The first-order valence-corrected chi connectivity index (χ1v) is 7.74. The van der Waals surface area contributed by atoms with E-state index in [9.17, 15) is 4.79 Å². The number of rotatable bonds is 4. The summed E-state index contributed by atoms with van der Waals surface area (Å²) in [5, 5.41) is 3.35. The second-order valence-electron chi connectivity index (χ2n) is 4.71. The molecule has 0 radical (unpaired) electrons. The van der Waals surface area contributed by atoms with Gasteiger partial charge in [-0.3, -0.25) is 4.79 Å². The van der Waals surface area contributed by atoms with Gasteiger partial charge >= 0.3 is 0 Å². The van der Waals surface area contributed by atoms with E-state index in [4.69, 9.17) is 23.1 Å². The van der Waals surface area contributed by atoms with Gasteiger partial charge in [0.1, 0.15) is 11.6 Å². The fourth-order valence-electron chi connectivity index (χ4n) is 1.69. The molecule has 1 aromatic heterocycles. The Kier molecular flexibility index (Phi) is 5.10. The monoisotopic (exact) mass is 337 g/mol. The molecule has 8 heteroatoms. The summed E-state index contributed by atoms with van der Waals surface area (Å²) in [5.74, 6) is 0.363. The highest BCUT2D eigenvalue weighted by Crippen LogP contribution is 2.24. The quantitative estimate of drug-likeness (QED) is 0.585. The summed E-state index contributed by atoms with van der Waals surface area (Å²) in [4.78, 5) is 20.3. The van der Waals surface area contributed by atoms with Gasteiger partial charge in [0.15, 0.2) is 5.16 Å². The maximum atomic E-state index is 12.3. The number of nitrogen functional groups attached to an aromatic ring is 2. The number of anilines is 3. The Morgan fingerprint density at radius 2 is 1.91 bits per heavy atom. The minimum Gasteiger partial charge on any atom is -0.383 e. The van der Waals surface area contributed by atoms with E-state index in [0.29, 0.717) is 15.9 Å². The van der Waals surface area contributed by atoms with Crippen LogP contribution in [0.3, 0.4) is 0 Å². The van der Waals surface area contributed by atoms with Crippen LogP contribution in [0.1, 0.15) is 12.5 Å². The molecular formula is C14H16ClN5OS. The second-order valence-corrected chi connectivity index (χ2v) is 6.45. The van der Waals surface area contributed by atoms with E-state index in [1.807, 2.05) is 13.0 Å².